The third-order valence-electron chi connectivity index (χ3n) is 9.01. The van der Waals surface area contributed by atoms with E-state index in [1.54, 1.807) is 0 Å². The van der Waals surface area contributed by atoms with Crippen LogP contribution in [0, 0.1) is 27.7 Å². The molecule has 4 aromatic carbocycles. The van der Waals surface area contributed by atoms with Crippen LogP contribution in [0.3, 0.4) is 0 Å². The van der Waals surface area contributed by atoms with Gasteiger partial charge < -0.3 is 0 Å². The van der Waals surface area contributed by atoms with Crippen LogP contribution >= 0.6 is 0 Å². The molecule has 256 valence electrons. The predicted molar refractivity (Wildman–Crippen MR) is 211 cm³/mol. The predicted octanol–water partition coefficient (Wildman–Crippen LogP) is 14.1. The maximum Gasteiger partial charge on any atom is 0.0891 e. The largest absolute Gasteiger partial charge is 0.256 e. The third kappa shape index (κ3) is 13.0. The molecular formula is C45H61N3. The van der Waals surface area contributed by atoms with Crippen molar-refractivity contribution in [2.75, 3.05) is 0 Å². The van der Waals surface area contributed by atoms with Crippen LogP contribution in [-0.2, 0) is 25.7 Å². The van der Waals surface area contributed by atoms with Crippen molar-refractivity contribution in [3.05, 3.63) is 123 Å². The highest BCUT2D eigenvalue weighted by Crippen LogP contribution is 2.32. The Hall–Kier alpha value is -3.85. The molecule has 0 bridgehead atoms. The lowest BCUT2D eigenvalue weighted by Gasteiger charge is -2.13. The first-order chi connectivity index (χ1) is 23.3. The molecular weight excluding hydrogens is 583 g/mol. The molecule has 0 aliphatic rings. The van der Waals surface area contributed by atoms with Crippen LogP contribution in [0.25, 0.3) is 0 Å². The molecule has 0 heterocycles. The lowest BCUT2D eigenvalue weighted by molar-refractivity contribution is 0.779. The molecule has 48 heavy (non-hydrogen) atoms. The molecule has 0 aliphatic carbocycles. The van der Waals surface area contributed by atoms with Crippen LogP contribution in [0.2, 0.25) is 0 Å². The fourth-order valence-corrected chi connectivity index (χ4v) is 5.73. The van der Waals surface area contributed by atoms with Crippen molar-refractivity contribution in [2.24, 2.45) is 15.2 Å². The minimum absolute atomic E-state index is 0.992. The summed E-state index contributed by atoms with van der Waals surface area (Å²) in [6.45, 7) is 17.7. The van der Waals surface area contributed by atoms with E-state index in [0.717, 1.165) is 48.3 Å². The van der Waals surface area contributed by atoms with Crippen LogP contribution in [0.1, 0.15) is 129 Å². The molecule has 0 spiro atoms. The third-order valence-corrected chi connectivity index (χ3v) is 9.01. The first kappa shape index (κ1) is 38.6. The number of azo groups is 1. The molecule has 4 rings (SSSR count). The summed E-state index contributed by atoms with van der Waals surface area (Å²) in [5.74, 6) is 0. The minimum Gasteiger partial charge on any atom is -0.256 e. The van der Waals surface area contributed by atoms with Crippen molar-refractivity contribution in [1.29, 1.82) is 0 Å². The maximum atomic E-state index is 4.88. The van der Waals surface area contributed by atoms with E-state index in [-0.39, 0.29) is 0 Å². The van der Waals surface area contributed by atoms with Gasteiger partial charge in [-0.25, -0.2) is 0 Å². The zero-order valence-electron chi connectivity index (χ0n) is 31.3. The van der Waals surface area contributed by atoms with Crippen LogP contribution in [-0.4, -0.2) is 6.21 Å². The Bertz CT molecular complexity index is 1460. The van der Waals surface area contributed by atoms with E-state index in [4.69, 9.17) is 10.2 Å². The SMILES string of the molecule is CCCCc1cc(N=Nc2cc(CCCC)c(C)cc2CCCC)c(CCCC)cc1C.Cc1ccc(C=Nc2ccc(C)cc2)cc1. The molecule has 0 saturated carbocycles. The van der Waals surface area contributed by atoms with Gasteiger partial charge in [-0.05, 0) is 142 Å². The van der Waals surface area contributed by atoms with Gasteiger partial charge in [0.1, 0.15) is 0 Å². The number of aryl methyl sites for hydroxylation is 8. The van der Waals surface area contributed by atoms with E-state index >= 15 is 0 Å². The molecule has 3 heteroatoms. The van der Waals surface area contributed by atoms with E-state index in [2.05, 4.69) is 121 Å². The normalized spacial score (nSPS) is 11.3. The van der Waals surface area contributed by atoms with Gasteiger partial charge in [-0.15, -0.1) is 0 Å². The molecule has 0 aliphatic heterocycles. The highest BCUT2D eigenvalue weighted by molar-refractivity contribution is 5.81. The summed E-state index contributed by atoms with van der Waals surface area (Å²) in [6.07, 6.45) is 16.0. The number of hydrogen-bond acceptors (Lipinski definition) is 3. The number of nitrogens with zero attached hydrogens (tertiary/aromatic N) is 3. The Morgan fingerprint density at radius 3 is 1.23 bits per heavy atom. The van der Waals surface area contributed by atoms with Crippen molar-refractivity contribution in [1.82, 2.24) is 0 Å². The van der Waals surface area contributed by atoms with Gasteiger partial charge in [0.15, 0.2) is 0 Å². The Kier molecular flexibility index (Phi) is 17.0. The Labute approximate surface area is 293 Å². The van der Waals surface area contributed by atoms with Gasteiger partial charge in [0.05, 0.1) is 17.1 Å². The summed E-state index contributed by atoms with van der Waals surface area (Å²) >= 11 is 0. The fraction of sp³-hybridized carbons (Fsp3) is 0.444. The molecule has 3 nitrogen and oxygen atoms in total. The smallest absolute Gasteiger partial charge is 0.0891 e. The summed E-state index contributed by atoms with van der Waals surface area (Å²) in [6, 6.07) is 25.9. The second kappa shape index (κ2) is 21.2. The fourth-order valence-electron chi connectivity index (χ4n) is 5.73. The molecule has 0 unspecified atom stereocenters. The first-order valence-electron chi connectivity index (χ1n) is 18.6. The van der Waals surface area contributed by atoms with Crippen LogP contribution in [0.15, 0.2) is 88.0 Å². The number of benzene rings is 4. The highest BCUT2D eigenvalue weighted by Gasteiger charge is 2.10. The topological polar surface area (TPSA) is 37.1 Å². The van der Waals surface area contributed by atoms with Crippen molar-refractivity contribution >= 4 is 23.3 Å². The first-order valence-corrected chi connectivity index (χ1v) is 18.6. The summed E-state index contributed by atoms with van der Waals surface area (Å²) in [7, 11) is 0. The second-order valence-corrected chi connectivity index (χ2v) is 13.4. The molecule has 0 atom stereocenters. The van der Waals surface area contributed by atoms with E-state index < -0.39 is 0 Å². The van der Waals surface area contributed by atoms with E-state index in [9.17, 15) is 0 Å². The zero-order chi connectivity index (χ0) is 34.7. The molecule has 0 radical (unpaired) electrons. The van der Waals surface area contributed by atoms with Crippen molar-refractivity contribution < 1.29 is 0 Å². The average molecular weight is 644 g/mol. The molecule has 0 amide bonds. The second-order valence-electron chi connectivity index (χ2n) is 13.4. The van der Waals surface area contributed by atoms with Crippen LogP contribution in [0.4, 0.5) is 17.1 Å². The van der Waals surface area contributed by atoms with E-state index in [1.807, 2.05) is 18.3 Å². The molecule has 0 fully saturated rings. The maximum absolute atomic E-state index is 4.88. The van der Waals surface area contributed by atoms with E-state index in [0.29, 0.717) is 0 Å². The minimum atomic E-state index is 0.992. The number of aliphatic imine (C=N–C) groups is 1. The number of unbranched alkanes of at least 4 members (excludes halogenated alkanes) is 4. The number of hydrogen-bond donors (Lipinski definition) is 0. The van der Waals surface area contributed by atoms with Crippen molar-refractivity contribution in [3.63, 3.8) is 0 Å². The quantitative estimate of drug-likeness (QED) is 0.0860. The monoisotopic (exact) mass is 643 g/mol. The highest BCUT2D eigenvalue weighted by atomic mass is 15.1. The molecule has 0 N–H and O–H groups in total. The average Bonchev–Trinajstić information content (AvgIpc) is 3.09. The van der Waals surface area contributed by atoms with Crippen LogP contribution < -0.4 is 0 Å². The summed E-state index contributed by atoms with van der Waals surface area (Å²) in [5, 5.41) is 9.77. The Morgan fingerprint density at radius 2 is 0.833 bits per heavy atom. The van der Waals surface area contributed by atoms with Gasteiger partial charge >= 0.3 is 0 Å². The van der Waals surface area contributed by atoms with Crippen molar-refractivity contribution in [2.45, 2.75) is 132 Å². The van der Waals surface area contributed by atoms with E-state index in [1.165, 1.54) is 95.9 Å². The lowest BCUT2D eigenvalue weighted by Crippen LogP contribution is -1.95. The number of rotatable bonds is 16. The summed E-state index contributed by atoms with van der Waals surface area (Å²) < 4.78 is 0. The van der Waals surface area contributed by atoms with Gasteiger partial charge in [-0.2, -0.15) is 10.2 Å². The molecule has 4 aromatic rings. The molecule has 0 aromatic heterocycles. The zero-order valence-corrected chi connectivity index (χ0v) is 31.3. The molecule has 0 saturated heterocycles. The summed E-state index contributed by atoms with van der Waals surface area (Å²) in [5.41, 5.74) is 15.2. The van der Waals surface area contributed by atoms with Crippen LogP contribution in [0.5, 0.6) is 0 Å². The lowest BCUT2D eigenvalue weighted by atomic mass is 9.96. The standard InChI is InChI=1S/C30H46N2.C15H15N/c1-7-11-15-25-21-29(27(17-13-9-3)19-23(25)5)31-32-30-22-26(16-12-8-2)24(6)20-28(30)18-14-10-4;1-12-3-7-14(8-4-12)11-16-15-9-5-13(2)6-10-15/h19-22H,7-18H2,1-6H3;3-11H,1-2H3. The van der Waals surface area contributed by atoms with Gasteiger partial charge in [-0.3, -0.25) is 4.99 Å². The van der Waals surface area contributed by atoms with Gasteiger partial charge in [0.25, 0.3) is 0 Å². The summed E-state index contributed by atoms with van der Waals surface area (Å²) in [4.78, 5) is 4.42. The Balaban J connectivity index is 0.000000324. The Morgan fingerprint density at radius 1 is 0.458 bits per heavy atom. The van der Waals surface area contributed by atoms with Crippen molar-refractivity contribution in [3.8, 4) is 0 Å². The van der Waals surface area contributed by atoms with Gasteiger partial charge in [-0.1, -0.05) is 113 Å². The van der Waals surface area contributed by atoms with Gasteiger partial charge in [0.2, 0.25) is 0 Å². The van der Waals surface area contributed by atoms with Gasteiger partial charge in [0, 0.05) is 6.21 Å².